The van der Waals surface area contributed by atoms with Gasteiger partial charge in [-0.05, 0) is 23.8 Å². The fraction of sp³-hybridized carbons (Fsp3) is 0.0625. The van der Waals surface area contributed by atoms with Crippen LogP contribution in [0.3, 0.4) is 0 Å². The average Bonchev–Trinajstić information content (AvgIpc) is 2.84. The molecule has 0 aliphatic heterocycles. The minimum atomic E-state index is -0.336. The SMILES string of the molecule is O=C(Cc1cccc(F)c1)c1c[nH]c2c(Cl)cccc12. The number of nitrogens with one attached hydrogen (secondary N) is 1. The number of benzene rings is 2. The van der Waals surface area contributed by atoms with Crippen molar-refractivity contribution in [3.63, 3.8) is 0 Å². The van der Waals surface area contributed by atoms with E-state index in [4.69, 9.17) is 11.6 Å². The van der Waals surface area contributed by atoms with Gasteiger partial charge in [-0.1, -0.05) is 35.9 Å². The highest BCUT2D eigenvalue weighted by Crippen LogP contribution is 2.26. The van der Waals surface area contributed by atoms with Gasteiger partial charge in [-0.3, -0.25) is 4.79 Å². The van der Waals surface area contributed by atoms with Crippen LogP contribution in [0.5, 0.6) is 0 Å². The van der Waals surface area contributed by atoms with E-state index in [0.29, 0.717) is 16.1 Å². The molecule has 0 radical (unpaired) electrons. The quantitative estimate of drug-likeness (QED) is 0.712. The number of Topliss-reactive ketones (excluding diaryl/α,β-unsaturated/α-hetero) is 1. The van der Waals surface area contributed by atoms with E-state index in [-0.39, 0.29) is 18.0 Å². The molecule has 0 fully saturated rings. The summed E-state index contributed by atoms with van der Waals surface area (Å²) >= 11 is 6.06. The maximum Gasteiger partial charge on any atom is 0.169 e. The minimum absolute atomic E-state index is 0.0656. The highest BCUT2D eigenvalue weighted by atomic mass is 35.5. The lowest BCUT2D eigenvalue weighted by Gasteiger charge is -2.01. The van der Waals surface area contributed by atoms with E-state index in [1.54, 1.807) is 30.5 Å². The molecular weight excluding hydrogens is 277 g/mol. The second kappa shape index (κ2) is 5.10. The van der Waals surface area contributed by atoms with Crippen molar-refractivity contribution in [1.82, 2.24) is 4.98 Å². The number of para-hydroxylation sites is 1. The van der Waals surface area contributed by atoms with Gasteiger partial charge in [-0.2, -0.15) is 0 Å². The first-order chi connectivity index (χ1) is 9.65. The van der Waals surface area contributed by atoms with Crippen molar-refractivity contribution in [3.05, 3.63) is 70.6 Å². The highest BCUT2D eigenvalue weighted by Gasteiger charge is 2.14. The van der Waals surface area contributed by atoms with Crippen LogP contribution < -0.4 is 0 Å². The lowest BCUT2D eigenvalue weighted by Crippen LogP contribution is -2.02. The summed E-state index contributed by atoms with van der Waals surface area (Å²) in [7, 11) is 0. The number of ketones is 1. The second-order valence-electron chi connectivity index (χ2n) is 4.59. The Hall–Kier alpha value is -2.13. The monoisotopic (exact) mass is 287 g/mol. The van der Waals surface area contributed by atoms with E-state index in [1.165, 1.54) is 12.1 Å². The number of carbonyl (C=O) groups is 1. The third-order valence-electron chi connectivity index (χ3n) is 3.22. The molecule has 1 heterocycles. The molecule has 3 aromatic rings. The van der Waals surface area contributed by atoms with Gasteiger partial charge in [-0.15, -0.1) is 0 Å². The molecule has 0 aliphatic carbocycles. The molecule has 0 amide bonds. The van der Waals surface area contributed by atoms with Crippen molar-refractivity contribution in [1.29, 1.82) is 0 Å². The van der Waals surface area contributed by atoms with E-state index >= 15 is 0 Å². The molecule has 3 rings (SSSR count). The molecule has 1 aromatic heterocycles. The van der Waals surface area contributed by atoms with Gasteiger partial charge in [-0.25, -0.2) is 4.39 Å². The average molecular weight is 288 g/mol. The van der Waals surface area contributed by atoms with Crippen molar-refractivity contribution < 1.29 is 9.18 Å². The van der Waals surface area contributed by atoms with Gasteiger partial charge in [0.05, 0.1) is 10.5 Å². The van der Waals surface area contributed by atoms with Crippen LogP contribution in [-0.4, -0.2) is 10.8 Å². The Labute approximate surface area is 120 Å². The lowest BCUT2D eigenvalue weighted by molar-refractivity contribution is 0.0994. The first-order valence-corrected chi connectivity index (χ1v) is 6.56. The zero-order valence-corrected chi connectivity index (χ0v) is 11.2. The first kappa shape index (κ1) is 12.9. The van der Waals surface area contributed by atoms with Gasteiger partial charge >= 0.3 is 0 Å². The van der Waals surface area contributed by atoms with E-state index in [2.05, 4.69) is 4.98 Å². The summed E-state index contributed by atoms with van der Waals surface area (Å²) < 4.78 is 13.1. The highest BCUT2D eigenvalue weighted by molar-refractivity contribution is 6.35. The van der Waals surface area contributed by atoms with Crippen LogP contribution in [0.2, 0.25) is 5.02 Å². The van der Waals surface area contributed by atoms with Crippen LogP contribution >= 0.6 is 11.6 Å². The smallest absolute Gasteiger partial charge is 0.169 e. The standard InChI is InChI=1S/C16H11ClFNO/c17-14-6-2-5-12-13(9-19-16(12)14)15(20)8-10-3-1-4-11(18)7-10/h1-7,9,19H,8H2. The van der Waals surface area contributed by atoms with Crippen molar-refractivity contribution in [3.8, 4) is 0 Å². The van der Waals surface area contributed by atoms with Crippen LogP contribution in [-0.2, 0) is 6.42 Å². The minimum Gasteiger partial charge on any atom is -0.359 e. The number of hydrogen-bond acceptors (Lipinski definition) is 1. The molecule has 1 N–H and O–H groups in total. The Morgan fingerprint density at radius 1 is 1.20 bits per heavy atom. The third-order valence-corrected chi connectivity index (χ3v) is 3.53. The largest absolute Gasteiger partial charge is 0.359 e. The number of rotatable bonds is 3. The van der Waals surface area contributed by atoms with Gasteiger partial charge in [0.1, 0.15) is 5.82 Å². The Bertz CT molecular complexity index is 794. The second-order valence-corrected chi connectivity index (χ2v) is 5.00. The third kappa shape index (κ3) is 2.32. The van der Waals surface area contributed by atoms with E-state index in [9.17, 15) is 9.18 Å². The Kier molecular flexibility index (Phi) is 3.28. The summed E-state index contributed by atoms with van der Waals surface area (Å²) in [6.07, 6.45) is 1.81. The number of aromatic amines is 1. The molecule has 0 saturated carbocycles. The molecule has 0 spiro atoms. The molecule has 0 bridgehead atoms. The van der Waals surface area contributed by atoms with Crippen molar-refractivity contribution in [2.45, 2.75) is 6.42 Å². The maximum atomic E-state index is 13.1. The van der Waals surface area contributed by atoms with Crippen molar-refractivity contribution in [2.75, 3.05) is 0 Å². The molecule has 0 saturated heterocycles. The van der Waals surface area contributed by atoms with Crippen LogP contribution in [0.1, 0.15) is 15.9 Å². The predicted octanol–water partition coefficient (Wildman–Crippen LogP) is 4.39. The van der Waals surface area contributed by atoms with Crippen LogP contribution in [0.4, 0.5) is 4.39 Å². The normalized spacial score (nSPS) is 10.9. The Morgan fingerprint density at radius 3 is 2.80 bits per heavy atom. The number of hydrogen-bond donors (Lipinski definition) is 1. The molecule has 0 aliphatic rings. The number of halogens is 2. The van der Waals surface area contributed by atoms with Crippen LogP contribution in [0, 0.1) is 5.82 Å². The maximum absolute atomic E-state index is 13.1. The number of fused-ring (bicyclic) bond motifs is 1. The van der Waals surface area contributed by atoms with Gasteiger partial charge < -0.3 is 4.98 Å². The van der Waals surface area contributed by atoms with Gasteiger partial charge in [0.25, 0.3) is 0 Å². The lowest BCUT2D eigenvalue weighted by atomic mass is 10.0. The molecule has 2 aromatic carbocycles. The molecular formula is C16H11ClFNO. The predicted molar refractivity (Wildman–Crippen MR) is 77.7 cm³/mol. The topological polar surface area (TPSA) is 32.9 Å². The molecule has 4 heteroatoms. The zero-order valence-electron chi connectivity index (χ0n) is 10.5. The molecule has 0 unspecified atom stereocenters. The Morgan fingerprint density at radius 2 is 2.00 bits per heavy atom. The number of carbonyl (C=O) groups excluding carboxylic acids is 1. The Balaban J connectivity index is 1.95. The van der Waals surface area contributed by atoms with Crippen molar-refractivity contribution in [2.24, 2.45) is 0 Å². The summed E-state index contributed by atoms with van der Waals surface area (Å²) in [6, 6.07) is 11.5. The molecule has 100 valence electrons. The van der Waals surface area contributed by atoms with E-state index < -0.39 is 0 Å². The van der Waals surface area contributed by atoms with Crippen LogP contribution in [0.15, 0.2) is 48.7 Å². The summed E-state index contributed by atoms with van der Waals surface area (Å²) in [4.78, 5) is 15.3. The van der Waals surface area contributed by atoms with Crippen molar-refractivity contribution >= 4 is 28.3 Å². The summed E-state index contributed by atoms with van der Waals surface area (Å²) in [5, 5.41) is 1.37. The summed E-state index contributed by atoms with van der Waals surface area (Å²) in [5.41, 5.74) is 1.98. The molecule has 0 atom stereocenters. The van der Waals surface area contributed by atoms with Gasteiger partial charge in [0.2, 0.25) is 0 Å². The summed E-state index contributed by atoms with van der Waals surface area (Å²) in [5.74, 6) is -0.401. The number of aromatic nitrogens is 1. The zero-order chi connectivity index (χ0) is 14.1. The first-order valence-electron chi connectivity index (χ1n) is 6.18. The number of H-pyrrole nitrogens is 1. The van der Waals surface area contributed by atoms with Gasteiger partial charge in [0.15, 0.2) is 5.78 Å². The summed E-state index contributed by atoms with van der Waals surface area (Å²) in [6.45, 7) is 0. The fourth-order valence-corrected chi connectivity index (χ4v) is 2.50. The van der Waals surface area contributed by atoms with Crippen LogP contribution in [0.25, 0.3) is 10.9 Å². The molecule has 20 heavy (non-hydrogen) atoms. The van der Waals surface area contributed by atoms with E-state index in [0.717, 1.165) is 10.9 Å². The van der Waals surface area contributed by atoms with Gasteiger partial charge in [0, 0.05) is 23.6 Å². The van der Waals surface area contributed by atoms with E-state index in [1.807, 2.05) is 6.07 Å². The fourth-order valence-electron chi connectivity index (χ4n) is 2.28. The molecule has 2 nitrogen and oxygen atoms in total.